The fourth-order valence-corrected chi connectivity index (χ4v) is 4.17. The molecule has 2 aromatic rings. The average molecular weight is 392 g/mol. The number of aliphatic imine (C=N–C) groups is 1. The van der Waals surface area contributed by atoms with Crippen molar-refractivity contribution >= 4 is 15.8 Å². The Labute approximate surface area is 160 Å². The standard InChI is InChI=1S/C20H26FN3O2S/c1-3-17(15-27(25,26)18-11-6-5-7-12-18)24-20(22-4-2)23-14-16-10-8-9-13-19(16)21/h5-13,17H,3-4,14-15H2,1-2H3,(H2,22,23,24). The van der Waals surface area contributed by atoms with E-state index in [2.05, 4.69) is 15.6 Å². The zero-order valence-corrected chi connectivity index (χ0v) is 16.5. The second-order valence-corrected chi connectivity index (χ2v) is 8.16. The maximum atomic E-state index is 13.8. The first-order chi connectivity index (χ1) is 13.0. The molecule has 0 aliphatic carbocycles. The van der Waals surface area contributed by atoms with Crippen LogP contribution in [0, 0.1) is 5.82 Å². The molecule has 0 amide bonds. The summed E-state index contributed by atoms with van der Waals surface area (Å²) in [5, 5.41) is 6.24. The van der Waals surface area contributed by atoms with Gasteiger partial charge in [-0.25, -0.2) is 17.8 Å². The third-order valence-corrected chi connectivity index (χ3v) is 5.90. The molecular formula is C20H26FN3O2S. The summed E-state index contributed by atoms with van der Waals surface area (Å²) >= 11 is 0. The second kappa shape index (κ2) is 10.1. The van der Waals surface area contributed by atoms with E-state index in [1.54, 1.807) is 48.5 Å². The number of hydrogen-bond donors (Lipinski definition) is 2. The molecule has 7 heteroatoms. The van der Waals surface area contributed by atoms with Crippen LogP contribution >= 0.6 is 0 Å². The van der Waals surface area contributed by atoms with Crippen LogP contribution in [0.3, 0.4) is 0 Å². The minimum atomic E-state index is -3.41. The van der Waals surface area contributed by atoms with Crippen LogP contribution in [0.15, 0.2) is 64.5 Å². The summed E-state index contributed by atoms with van der Waals surface area (Å²) in [6.45, 7) is 4.62. The van der Waals surface area contributed by atoms with Crippen molar-refractivity contribution in [3.05, 3.63) is 66.0 Å². The summed E-state index contributed by atoms with van der Waals surface area (Å²) in [6, 6.07) is 14.6. The van der Waals surface area contributed by atoms with Gasteiger partial charge in [-0.15, -0.1) is 0 Å². The Balaban J connectivity index is 2.10. The smallest absolute Gasteiger partial charge is 0.191 e. The molecule has 0 radical (unpaired) electrons. The van der Waals surface area contributed by atoms with Crippen molar-refractivity contribution in [1.29, 1.82) is 0 Å². The largest absolute Gasteiger partial charge is 0.357 e. The Morgan fingerprint density at radius 3 is 2.37 bits per heavy atom. The summed E-state index contributed by atoms with van der Waals surface area (Å²) in [5.41, 5.74) is 0.486. The fourth-order valence-electron chi connectivity index (χ4n) is 2.55. The van der Waals surface area contributed by atoms with Crippen LogP contribution in [0.4, 0.5) is 4.39 Å². The molecule has 1 unspecified atom stereocenters. The first-order valence-corrected chi connectivity index (χ1v) is 10.7. The van der Waals surface area contributed by atoms with Crippen molar-refractivity contribution in [3.8, 4) is 0 Å². The molecule has 0 bridgehead atoms. The zero-order valence-electron chi connectivity index (χ0n) is 15.7. The molecule has 0 heterocycles. The third-order valence-electron chi connectivity index (χ3n) is 4.07. The lowest BCUT2D eigenvalue weighted by molar-refractivity contribution is 0.568. The van der Waals surface area contributed by atoms with Crippen LogP contribution in [0.1, 0.15) is 25.8 Å². The molecule has 0 fully saturated rings. The summed E-state index contributed by atoms with van der Waals surface area (Å²) in [4.78, 5) is 4.70. The molecule has 0 aliphatic rings. The van der Waals surface area contributed by atoms with Crippen molar-refractivity contribution < 1.29 is 12.8 Å². The highest BCUT2D eigenvalue weighted by Gasteiger charge is 2.21. The lowest BCUT2D eigenvalue weighted by Crippen LogP contribution is -2.46. The molecule has 27 heavy (non-hydrogen) atoms. The van der Waals surface area contributed by atoms with Gasteiger partial charge in [0.2, 0.25) is 0 Å². The summed E-state index contributed by atoms with van der Waals surface area (Å²) in [6.07, 6.45) is 0.607. The minimum absolute atomic E-state index is 0.0440. The van der Waals surface area contributed by atoms with E-state index in [1.807, 2.05) is 13.8 Å². The predicted octanol–water partition coefficient (Wildman–Crippen LogP) is 3.13. The zero-order chi connectivity index (χ0) is 19.7. The highest BCUT2D eigenvalue weighted by molar-refractivity contribution is 7.91. The van der Waals surface area contributed by atoms with E-state index in [1.165, 1.54) is 6.07 Å². The van der Waals surface area contributed by atoms with Gasteiger partial charge in [0.15, 0.2) is 15.8 Å². The molecule has 0 aromatic heterocycles. The first kappa shape index (κ1) is 20.9. The molecule has 0 aliphatic heterocycles. The number of nitrogens with one attached hydrogen (secondary N) is 2. The lowest BCUT2D eigenvalue weighted by Gasteiger charge is -2.20. The molecule has 1 atom stereocenters. The highest BCUT2D eigenvalue weighted by Crippen LogP contribution is 2.12. The molecule has 5 nitrogen and oxygen atoms in total. The number of halogens is 1. The van der Waals surface area contributed by atoms with Gasteiger partial charge in [-0.05, 0) is 31.5 Å². The topological polar surface area (TPSA) is 70.6 Å². The van der Waals surface area contributed by atoms with Gasteiger partial charge in [-0.1, -0.05) is 43.3 Å². The number of hydrogen-bond acceptors (Lipinski definition) is 3. The minimum Gasteiger partial charge on any atom is -0.357 e. The number of sulfone groups is 1. The number of nitrogens with zero attached hydrogens (tertiary/aromatic N) is 1. The first-order valence-electron chi connectivity index (χ1n) is 9.02. The molecule has 146 valence electrons. The van der Waals surface area contributed by atoms with Gasteiger partial charge >= 0.3 is 0 Å². The van der Waals surface area contributed by atoms with Crippen LogP contribution in [-0.2, 0) is 16.4 Å². The summed E-state index contributed by atoms with van der Waals surface area (Å²) in [7, 11) is -3.41. The molecule has 2 rings (SSSR count). The summed E-state index contributed by atoms with van der Waals surface area (Å²) in [5.74, 6) is 0.115. The SMILES string of the molecule is CCNC(=NCc1ccccc1F)NC(CC)CS(=O)(=O)c1ccccc1. The molecule has 0 spiro atoms. The number of rotatable bonds is 8. The maximum Gasteiger partial charge on any atom is 0.191 e. The van der Waals surface area contributed by atoms with Gasteiger partial charge in [-0.2, -0.15) is 0 Å². The highest BCUT2D eigenvalue weighted by atomic mass is 32.2. The van der Waals surface area contributed by atoms with Crippen LogP contribution in [0.2, 0.25) is 0 Å². The van der Waals surface area contributed by atoms with E-state index in [0.29, 0.717) is 29.4 Å². The predicted molar refractivity (Wildman–Crippen MR) is 107 cm³/mol. The molecular weight excluding hydrogens is 365 g/mol. The van der Waals surface area contributed by atoms with Crippen molar-refractivity contribution in [2.24, 2.45) is 4.99 Å². The van der Waals surface area contributed by atoms with Crippen molar-refractivity contribution in [1.82, 2.24) is 10.6 Å². The van der Waals surface area contributed by atoms with Crippen LogP contribution in [0.5, 0.6) is 0 Å². The van der Waals surface area contributed by atoms with E-state index in [9.17, 15) is 12.8 Å². The Bertz CT molecular complexity index is 855. The molecule has 0 saturated heterocycles. The van der Waals surface area contributed by atoms with Crippen molar-refractivity contribution in [3.63, 3.8) is 0 Å². The Kier molecular flexibility index (Phi) is 7.79. The van der Waals surface area contributed by atoms with Crippen LogP contribution < -0.4 is 10.6 Å². The molecule has 2 N–H and O–H groups in total. The molecule has 2 aromatic carbocycles. The average Bonchev–Trinajstić information content (AvgIpc) is 2.67. The van der Waals surface area contributed by atoms with E-state index in [-0.39, 0.29) is 24.2 Å². The second-order valence-electron chi connectivity index (χ2n) is 6.13. The van der Waals surface area contributed by atoms with Crippen LogP contribution in [-0.4, -0.2) is 32.7 Å². The Hall–Kier alpha value is -2.41. The van der Waals surface area contributed by atoms with Gasteiger partial charge in [0, 0.05) is 18.2 Å². The Morgan fingerprint density at radius 2 is 1.74 bits per heavy atom. The van der Waals surface area contributed by atoms with E-state index in [0.717, 1.165) is 0 Å². The van der Waals surface area contributed by atoms with Crippen molar-refractivity contribution in [2.75, 3.05) is 12.3 Å². The van der Waals surface area contributed by atoms with E-state index < -0.39 is 9.84 Å². The van der Waals surface area contributed by atoms with Crippen LogP contribution in [0.25, 0.3) is 0 Å². The maximum absolute atomic E-state index is 13.8. The number of benzene rings is 2. The fraction of sp³-hybridized carbons (Fsp3) is 0.350. The monoisotopic (exact) mass is 391 g/mol. The third kappa shape index (κ3) is 6.36. The molecule has 0 saturated carbocycles. The van der Waals surface area contributed by atoms with E-state index >= 15 is 0 Å². The summed E-state index contributed by atoms with van der Waals surface area (Å²) < 4.78 is 39.0. The number of guanidine groups is 1. The van der Waals surface area contributed by atoms with Gasteiger partial charge < -0.3 is 10.6 Å². The van der Waals surface area contributed by atoms with Crippen molar-refractivity contribution in [2.45, 2.75) is 37.8 Å². The van der Waals surface area contributed by atoms with E-state index in [4.69, 9.17) is 0 Å². The van der Waals surface area contributed by atoms with Gasteiger partial charge in [-0.3, -0.25) is 0 Å². The van der Waals surface area contributed by atoms with Gasteiger partial charge in [0.1, 0.15) is 5.82 Å². The Morgan fingerprint density at radius 1 is 1.07 bits per heavy atom. The quantitative estimate of drug-likeness (QED) is 0.536. The van der Waals surface area contributed by atoms with Gasteiger partial charge in [0.25, 0.3) is 0 Å². The van der Waals surface area contributed by atoms with Gasteiger partial charge in [0.05, 0.1) is 17.2 Å². The normalized spacial score (nSPS) is 13.2. The lowest BCUT2D eigenvalue weighted by atomic mass is 10.2.